The van der Waals surface area contributed by atoms with E-state index in [2.05, 4.69) is 23.8 Å². The first-order valence-corrected chi connectivity index (χ1v) is 6.78. The van der Waals surface area contributed by atoms with Gasteiger partial charge >= 0.3 is 0 Å². The molecule has 0 aromatic carbocycles. The van der Waals surface area contributed by atoms with Crippen LogP contribution >= 0.6 is 23.4 Å². The van der Waals surface area contributed by atoms with Crippen LogP contribution in [0.25, 0.3) is 0 Å². The molecule has 0 atom stereocenters. The summed E-state index contributed by atoms with van der Waals surface area (Å²) in [5, 5.41) is 1.65. The molecule has 2 nitrogen and oxygen atoms in total. The number of unbranched alkanes of at least 4 members (excludes halogenated alkanes) is 2. The average Bonchev–Trinajstić information content (AvgIpc) is 2.24. The van der Waals surface area contributed by atoms with Crippen LogP contribution in [-0.2, 0) is 6.42 Å². The predicted molar refractivity (Wildman–Crippen MR) is 66.7 cm³/mol. The van der Waals surface area contributed by atoms with Gasteiger partial charge in [-0.3, -0.25) is 0 Å². The minimum absolute atomic E-state index is 0.602. The lowest BCUT2D eigenvalue weighted by Gasteiger charge is -2.06. The molecule has 0 N–H and O–H groups in total. The van der Waals surface area contributed by atoms with E-state index in [0.717, 1.165) is 22.8 Å². The van der Waals surface area contributed by atoms with E-state index in [-0.39, 0.29) is 0 Å². The summed E-state index contributed by atoms with van der Waals surface area (Å²) in [6.45, 7) is 4.30. The van der Waals surface area contributed by atoms with Gasteiger partial charge in [-0.25, -0.2) is 9.97 Å². The van der Waals surface area contributed by atoms with Gasteiger partial charge in [-0.2, -0.15) is 0 Å². The van der Waals surface area contributed by atoms with Gasteiger partial charge in [0.15, 0.2) is 0 Å². The topological polar surface area (TPSA) is 25.8 Å². The van der Waals surface area contributed by atoms with Gasteiger partial charge in [-0.15, -0.1) is 11.8 Å². The van der Waals surface area contributed by atoms with Crippen molar-refractivity contribution >= 4 is 23.4 Å². The fourth-order valence-electron chi connectivity index (χ4n) is 1.32. The monoisotopic (exact) mass is 244 g/mol. The van der Waals surface area contributed by atoms with Crippen molar-refractivity contribution < 1.29 is 0 Å². The Kier molecular flexibility index (Phi) is 6.03. The first-order chi connectivity index (χ1) is 7.29. The molecule has 84 valence electrons. The van der Waals surface area contributed by atoms with Gasteiger partial charge in [0, 0.05) is 5.56 Å². The minimum atomic E-state index is 0.602. The number of rotatable bonds is 6. The maximum absolute atomic E-state index is 6.01. The molecule has 0 amide bonds. The summed E-state index contributed by atoms with van der Waals surface area (Å²) >= 11 is 7.80. The van der Waals surface area contributed by atoms with Gasteiger partial charge in [0.2, 0.25) is 0 Å². The summed E-state index contributed by atoms with van der Waals surface area (Å²) in [6.07, 6.45) is 6.23. The van der Waals surface area contributed by atoms with E-state index in [1.54, 1.807) is 18.1 Å². The molecule has 0 saturated carbocycles. The summed E-state index contributed by atoms with van der Waals surface area (Å²) in [4.78, 5) is 8.27. The largest absolute Gasteiger partial charge is 0.230 e. The molecule has 0 bridgehead atoms. The zero-order valence-corrected chi connectivity index (χ0v) is 10.9. The van der Waals surface area contributed by atoms with Crippen LogP contribution in [0, 0.1) is 0 Å². The van der Waals surface area contributed by atoms with Crippen LogP contribution in [0.1, 0.15) is 38.7 Å². The van der Waals surface area contributed by atoms with Crippen molar-refractivity contribution in [2.45, 2.75) is 44.6 Å². The van der Waals surface area contributed by atoms with Crippen molar-refractivity contribution in [3.05, 3.63) is 17.0 Å². The van der Waals surface area contributed by atoms with Gasteiger partial charge in [0.25, 0.3) is 0 Å². The number of nitrogens with zero attached hydrogens (tertiary/aromatic N) is 2. The Morgan fingerprint density at radius 2 is 2.07 bits per heavy atom. The third-order valence-corrected chi connectivity index (χ3v) is 3.64. The number of halogens is 1. The Bertz CT molecular complexity index is 305. The molecular weight excluding hydrogens is 228 g/mol. The number of hydrogen-bond donors (Lipinski definition) is 0. The van der Waals surface area contributed by atoms with Crippen LogP contribution in [0.3, 0.4) is 0 Å². The lowest BCUT2D eigenvalue weighted by atomic mass is 10.3. The summed E-state index contributed by atoms with van der Waals surface area (Å²) in [5.74, 6) is 1.12. The minimum Gasteiger partial charge on any atom is -0.230 e. The van der Waals surface area contributed by atoms with Crippen molar-refractivity contribution in [3.63, 3.8) is 0 Å². The SMILES string of the molecule is CCCCCSc1ncnc(Cl)c1CC. The smallest absolute Gasteiger partial charge is 0.136 e. The maximum atomic E-state index is 6.01. The second kappa shape index (κ2) is 7.07. The Labute approximate surface area is 101 Å². The van der Waals surface area contributed by atoms with Crippen molar-refractivity contribution in [2.24, 2.45) is 0 Å². The van der Waals surface area contributed by atoms with Crippen molar-refractivity contribution in [3.8, 4) is 0 Å². The van der Waals surface area contributed by atoms with Gasteiger partial charge in [0.05, 0.1) is 0 Å². The molecule has 0 unspecified atom stereocenters. The summed E-state index contributed by atoms with van der Waals surface area (Å²) in [6, 6.07) is 0. The third kappa shape index (κ3) is 3.99. The zero-order chi connectivity index (χ0) is 11.1. The van der Waals surface area contributed by atoms with Crippen LogP contribution in [-0.4, -0.2) is 15.7 Å². The van der Waals surface area contributed by atoms with E-state index in [1.807, 2.05) is 0 Å². The highest BCUT2D eigenvalue weighted by atomic mass is 35.5. The molecule has 0 spiro atoms. The van der Waals surface area contributed by atoms with Crippen LogP contribution in [0.2, 0.25) is 5.15 Å². The lowest BCUT2D eigenvalue weighted by molar-refractivity contribution is 0.777. The van der Waals surface area contributed by atoms with Crippen LogP contribution in [0.4, 0.5) is 0 Å². The molecule has 1 rings (SSSR count). The van der Waals surface area contributed by atoms with E-state index in [9.17, 15) is 0 Å². The Morgan fingerprint density at radius 1 is 1.27 bits per heavy atom. The number of thioether (sulfide) groups is 1. The summed E-state index contributed by atoms with van der Waals surface area (Å²) in [7, 11) is 0. The molecule has 0 radical (unpaired) electrons. The van der Waals surface area contributed by atoms with E-state index < -0.39 is 0 Å². The maximum Gasteiger partial charge on any atom is 0.136 e. The molecule has 0 saturated heterocycles. The zero-order valence-electron chi connectivity index (χ0n) is 9.29. The first-order valence-electron chi connectivity index (χ1n) is 5.41. The van der Waals surface area contributed by atoms with Crippen molar-refractivity contribution in [1.82, 2.24) is 9.97 Å². The van der Waals surface area contributed by atoms with E-state index in [0.29, 0.717) is 5.15 Å². The Hall–Kier alpha value is -0.280. The highest BCUT2D eigenvalue weighted by Gasteiger charge is 2.07. The quantitative estimate of drug-likeness (QED) is 0.430. The predicted octanol–water partition coefficient (Wildman–Crippen LogP) is 3.97. The Morgan fingerprint density at radius 3 is 2.73 bits per heavy atom. The van der Waals surface area contributed by atoms with Crippen molar-refractivity contribution in [1.29, 1.82) is 0 Å². The van der Waals surface area contributed by atoms with Gasteiger partial charge < -0.3 is 0 Å². The summed E-state index contributed by atoms with van der Waals surface area (Å²) in [5.41, 5.74) is 1.08. The highest BCUT2D eigenvalue weighted by molar-refractivity contribution is 7.99. The molecule has 0 aliphatic rings. The van der Waals surface area contributed by atoms with Crippen LogP contribution in [0.5, 0.6) is 0 Å². The highest BCUT2D eigenvalue weighted by Crippen LogP contribution is 2.25. The molecule has 15 heavy (non-hydrogen) atoms. The molecule has 0 aliphatic heterocycles. The fraction of sp³-hybridized carbons (Fsp3) is 0.636. The molecule has 0 fully saturated rings. The number of hydrogen-bond acceptors (Lipinski definition) is 3. The molecule has 4 heteroatoms. The molecule has 1 aromatic rings. The second-order valence-corrected chi connectivity index (χ2v) is 4.80. The Balaban J connectivity index is 2.56. The standard InChI is InChI=1S/C11H17ClN2S/c1-3-5-6-7-15-11-9(4-2)10(12)13-8-14-11/h8H,3-7H2,1-2H3. The first kappa shape index (κ1) is 12.8. The summed E-state index contributed by atoms with van der Waals surface area (Å²) < 4.78 is 0. The molecule has 1 aromatic heterocycles. The van der Waals surface area contributed by atoms with E-state index >= 15 is 0 Å². The third-order valence-electron chi connectivity index (χ3n) is 2.19. The fourth-order valence-corrected chi connectivity index (χ4v) is 2.72. The van der Waals surface area contributed by atoms with E-state index in [4.69, 9.17) is 11.6 Å². The normalized spacial score (nSPS) is 10.6. The van der Waals surface area contributed by atoms with Crippen molar-refractivity contribution in [2.75, 3.05) is 5.75 Å². The molecule has 1 heterocycles. The second-order valence-electron chi connectivity index (χ2n) is 3.36. The van der Waals surface area contributed by atoms with Gasteiger partial charge in [0.1, 0.15) is 16.5 Å². The van der Waals surface area contributed by atoms with Gasteiger partial charge in [-0.1, -0.05) is 38.3 Å². The number of aromatic nitrogens is 2. The molecular formula is C11H17ClN2S. The average molecular weight is 245 g/mol. The van der Waals surface area contributed by atoms with E-state index in [1.165, 1.54) is 19.3 Å². The molecule has 0 aliphatic carbocycles. The van der Waals surface area contributed by atoms with Gasteiger partial charge in [-0.05, 0) is 18.6 Å². The lowest BCUT2D eigenvalue weighted by Crippen LogP contribution is -1.94. The van der Waals surface area contributed by atoms with Crippen LogP contribution < -0.4 is 0 Å². The van der Waals surface area contributed by atoms with Crippen LogP contribution in [0.15, 0.2) is 11.4 Å².